The van der Waals surface area contributed by atoms with Crippen LogP contribution in [0, 0.1) is 11.8 Å². The largest absolute Gasteiger partial charge is 0.339 e. The fraction of sp³-hybridized carbons (Fsp3) is 0.667. The number of hydrogen-bond donors (Lipinski definition) is 0. The fourth-order valence-corrected chi connectivity index (χ4v) is 6.08. The normalized spacial score (nSPS) is 26.2. The molecule has 1 aromatic carbocycles. The molecule has 0 radical (unpaired) electrons. The van der Waals surface area contributed by atoms with Crippen LogP contribution in [0.15, 0.2) is 30.3 Å². The Morgan fingerprint density at radius 2 is 1.53 bits per heavy atom. The molecule has 3 aliphatic rings. The number of rotatable bonds is 6. The molecule has 3 unspecified atom stereocenters. The van der Waals surface area contributed by atoms with E-state index in [2.05, 4.69) is 4.90 Å². The van der Waals surface area contributed by atoms with E-state index in [9.17, 15) is 14.4 Å². The van der Waals surface area contributed by atoms with Crippen molar-refractivity contribution in [3.05, 3.63) is 35.9 Å². The van der Waals surface area contributed by atoms with Gasteiger partial charge in [-0.2, -0.15) is 0 Å². The minimum Gasteiger partial charge on any atom is -0.339 e. The number of piperidine rings is 1. The molecule has 3 fully saturated rings. The molecule has 5 heteroatoms. The first kappa shape index (κ1) is 23.0. The molecule has 1 aromatic rings. The minimum atomic E-state index is 0.0244. The maximum absolute atomic E-state index is 12.9. The molecule has 0 aromatic heterocycles. The zero-order valence-electron chi connectivity index (χ0n) is 19.3. The molecule has 4 rings (SSSR count). The lowest BCUT2D eigenvalue weighted by atomic mass is 9.78. The van der Waals surface area contributed by atoms with Crippen molar-refractivity contribution in [3.8, 4) is 0 Å². The smallest absolute Gasteiger partial charge is 0.253 e. The van der Waals surface area contributed by atoms with E-state index >= 15 is 0 Å². The molecule has 1 aliphatic carbocycles. The van der Waals surface area contributed by atoms with E-state index in [1.807, 2.05) is 35.2 Å². The van der Waals surface area contributed by atoms with Crippen LogP contribution in [0.4, 0.5) is 0 Å². The van der Waals surface area contributed by atoms with Crippen molar-refractivity contribution in [2.75, 3.05) is 19.6 Å². The van der Waals surface area contributed by atoms with Crippen LogP contribution >= 0.6 is 0 Å². The lowest BCUT2D eigenvalue weighted by molar-refractivity contribution is -0.137. The number of carbonyl (C=O) groups excluding carboxylic acids is 3. The van der Waals surface area contributed by atoms with Gasteiger partial charge in [-0.25, -0.2) is 0 Å². The Labute approximate surface area is 192 Å². The van der Waals surface area contributed by atoms with Gasteiger partial charge in [0.05, 0.1) is 0 Å². The summed E-state index contributed by atoms with van der Waals surface area (Å²) >= 11 is 0. The second-order valence-corrected chi connectivity index (χ2v) is 9.95. The highest BCUT2D eigenvalue weighted by Crippen LogP contribution is 2.35. The molecule has 0 spiro atoms. The minimum absolute atomic E-state index is 0.0244. The number of likely N-dealkylation sites (tertiary alicyclic amines) is 2. The van der Waals surface area contributed by atoms with Gasteiger partial charge in [0.25, 0.3) is 5.91 Å². The average molecular weight is 439 g/mol. The quantitative estimate of drug-likeness (QED) is 0.638. The zero-order chi connectivity index (χ0) is 22.3. The van der Waals surface area contributed by atoms with Crippen molar-refractivity contribution in [1.29, 1.82) is 0 Å². The first-order valence-corrected chi connectivity index (χ1v) is 12.8. The second-order valence-electron chi connectivity index (χ2n) is 9.95. The van der Waals surface area contributed by atoms with Crippen LogP contribution in [-0.4, -0.2) is 53.1 Å². The summed E-state index contributed by atoms with van der Waals surface area (Å²) in [7, 11) is 0. The van der Waals surface area contributed by atoms with Crippen molar-refractivity contribution in [2.45, 2.75) is 83.1 Å². The van der Waals surface area contributed by atoms with E-state index in [-0.39, 0.29) is 23.5 Å². The zero-order valence-corrected chi connectivity index (χ0v) is 19.3. The topological polar surface area (TPSA) is 57.7 Å². The Bertz CT molecular complexity index is 791. The lowest BCUT2D eigenvalue weighted by Crippen LogP contribution is -2.49. The number of ketones is 1. The lowest BCUT2D eigenvalue weighted by Gasteiger charge is -2.44. The highest BCUT2D eigenvalue weighted by atomic mass is 16.2. The summed E-state index contributed by atoms with van der Waals surface area (Å²) < 4.78 is 0. The van der Waals surface area contributed by atoms with Gasteiger partial charge in [-0.15, -0.1) is 0 Å². The Hall–Kier alpha value is -2.17. The maximum Gasteiger partial charge on any atom is 0.253 e. The number of hydrogen-bond acceptors (Lipinski definition) is 3. The van der Waals surface area contributed by atoms with Gasteiger partial charge in [0.1, 0.15) is 5.78 Å². The van der Waals surface area contributed by atoms with E-state index in [4.69, 9.17) is 0 Å². The van der Waals surface area contributed by atoms with Crippen molar-refractivity contribution < 1.29 is 14.4 Å². The molecule has 0 bridgehead atoms. The van der Waals surface area contributed by atoms with E-state index in [1.165, 1.54) is 25.7 Å². The van der Waals surface area contributed by atoms with Crippen LogP contribution in [0.2, 0.25) is 0 Å². The van der Waals surface area contributed by atoms with Crippen LogP contribution < -0.4 is 0 Å². The summed E-state index contributed by atoms with van der Waals surface area (Å²) in [6, 6.07) is 9.84. The summed E-state index contributed by atoms with van der Waals surface area (Å²) in [4.78, 5) is 42.5. The van der Waals surface area contributed by atoms with Crippen LogP contribution in [0.1, 0.15) is 87.4 Å². The third-order valence-corrected chi connectivity index (χ3v) is 7.87. The van der Waals surface area contributed by atoms with Gasteiger partial charge in [0.2, 0.25) is 5.91 Å². The molecular weight excluding hydrogens is 400 g/mol. The fourth-order valence-electron chi connectivity index (χ4n) is 6.08. The van der Waals surface area contributed by atoms with Crippen molar-refractivity contribution in [1.82, 2.24) is 9.80 Å². The summed E-state index contributed by atoms with van der Waals surface area (Å²) in [5, 5.41) is 0. The Balaban J connectivity index is 1.21. The van der Waals surface area contributed by atoms with E-state index in [0.717, 1.165) is 38.6 Å². The van der Waals surface area contributed by atoms with Crippen LogP contribution in [0.3, 0.4) is 0 Å². The summed E-state index contributed by atoms with van der Waals surface area (Å²) in [5.41, 5.74) is 0.716. The predicted octanol–water partition coefficient (Wildman–Crippen LogP) is 4.85. The van der Waals surface area contributed by atoms with Gasteiger partial charge in [0.15, 0.2) is 0 Å². The molecule has 174 valence electrons. The molecular formula is C27H38N2O3. The van der Waals surface area contributed by atoms with Crippen molar-refractivity contribution in [2.24, 2.45) is 11.8 Å². The molecule has 2 aliphatic heterocycles. The van der Waals surface area contributed by atoms with Crippen molar-refractivity contribution >= 4 is 17.6 Å². The summed E-state index contributed by atoms with van der Waals surface area (Å²) in [5.74, 6) is 1.33. The van der Waals surface area contributed by atoms with Gasteiger partial charge < -0.3 is 9.80 Å². The third kappa shape index (κ3) is 5.60. The van der Waals surface area contributed by atoms with Gasteiger partial charge in [-0.05, 0) is 69.4 Å². The van der Waals surface area contributed by atoms with E-state index in [1.54, 1.807) is 0 Å². The van der Waals surface area contributed by atoms with Gasteiger partial charge in [-0.1, -0.05) is 31.0 Å². The highest BCUT2D eigenvalue weighted by molar-refractivity contribution is 5.94. The Morgan fingerprint density at radius 1 is 0.781 bits per heavy atom. The van der Waals surface area contributed by atoms with E-state index in [0.29, 0.717) is 49.9 Å². The summed E-state index contributed by atoms with van der Waals surface area (Å²) in [6.07, 6.45) is 11.5. The molecule has 3 atom stereocenters. The number of nitrogens with zero attached hydrogens (tertiary/aromatic N) is 2. The van der Waals surface area contributed by atoms with Crippen LogP contribution in [0.5, 0.6) is 0 Å². The number of benzene rings is 1. The monoisotopic (exact) mass is 438 g/mol. The SMILES string of the molecule is O=C(CCCC(=O)N1CCCC2CCCCC21)C1CCCN(C(=O)c2ccccc2)CC1. The first-order valence-electron chi connectivity index (χ1n) is 12.8. The summed E-state index contributed by atoms with van der Waals surface area (Å²) in [6.45, 7) is 2.26. The number of carbonyl (C=O) groups is 3. The molecule has 2 heterocycles. The molecule has 2 saturated heterocycles. The molecule has 32 heavy (non-hydrogen) atoms. The maximum atomic E-state index is 12.9. The third-order valence-electron chi connectivity index (χ3n) is 7.87. The molecule has 1 saturated carbocycles. The Kier molecular flexibility index (Phi) is 7.99. The first-order chi connectivity index (χ1) is 15.6. The number of Topliss-reactive ketones (excluding diaryl/α,β-unsaturated/α-hetero) is 1. The Morgan fingerprint density at radius 3 is 2.38 bits per heavy atom. The number of fused-ring (bicyclic) bond motifs is 1. The highest BCUT2D eigenvalue weighted by Gasteiger charge is 2.35. The number of amides is 2. The van der Waals surface area contributed by atoms with Gasteiger partial charge >= 0.3 is 0 Å². The molecule has 2 amide bonds. The van der Waals surface area contributed by atoms with Crippen LogP contribution in [-0.2, 0) is 9.59 Å². The second kappa shape index (κ2) is 11.1. The van der Waals surface area contributed by atoms with Gasteiger partial charge in [-0.3, -0.25) is 14.4 Å². The molecule has 5 nitrogen and oxygen atoms in total. The average Bonchev–Trinajstić information content (AvgIpc) is 3.10. The predicted molar refractivity (Wildman–Crippen MR) is 125 cm³/mol. The van der Waals surface area contributed by atoms with Crippen LogP contribution in [0.25, 0.3) is 0 Å². The van der Waals surface area contributed by atoms with E-state index < -0.39 is 0 Å². The standard InChI is InChI=1S/C27H38N2O3/c30-25(15-6-16-26(31)29-19-8-12-21-9-4-5-14-24(21)29)22-13-7-18-28(20-17-22)27(32)23-10-2-1-3-11-23/h1-3,10-11,21-22,24H,4-9,12-20H2. The molecule has 0 N–H and O–H groups in total. The van der Waals surface area contributed by atoms with Crippen molar-refractivity contribution in [3.63, 3.8) is 0 Å². The van der Waals surface area contributed by atoms with Gasteiger partial charge in [0, 0.05) is 50.0 Å².